The van der Waals surface area contributed by atoms with E-state index >= 15 is 0 Å². The number of hydrogen-bond acceptors (Lipinski definition) is 6. The summed E-state index contributed by atoms with van der Waals surface area (Å²) < 4.78 is 11.7. The van der Waals surface area contributed by atoms with Crippen molar-refractivity contribution in [1.82, 2.24) is 15.0 Å². The predicted molar refractivity (Wildman–Crippen MR) is 77.1 cm³/mol. The number of rotatable bonds is 6. The molecule has 1 aromatic heterocycles. The molecular weight excluding hydrogens is 272 g/mol. The van der Waals surface area contributed by atoms with Crippen molar-refractivity contribution < 1.29 is 14.3 Å². The van der Waals surface area contributed by atoms with Gasteiger partial charge in [-0.2, -0.15) is 0 Å². The highest BCUT2D eigenvalue weighted by Gasteiger charge is 2.17. The maximum Gasteiger partial charge on any atom is 0.362 e. The zero-order valence-electron chi connectivity index (χ0n) is 12.1. The molecular formula is C14H18N4O3. The van der Waals surface area contributed by atoms with Crippen molar-refractivity contribution >= 4 is 11.8 Å². The van der Waals surface area contributed by atoms with Gasteiger partial charge in [-0.3, -0.25) is 0 Å². The van der Waals surface area contributed by atoms with Crippen LogP contribution in [-0.2, 0) is 11.3 Å². The molecule has 2 rings (SSSR count). The van der Waals surface area contributed by atoms with Gasteiger partial charge < -0.3 is 15.2 Å². The molecule has 0 aliphatic heterocycles. The van der Waals surface area contributed by atoms with Gasteiger partial charge >= 0.3 is 5.97 Å². The summed E-state index contributed by atoms with van der Waals surface area (Å²) in [6, 6.07) is 7.84. The molecule has 0 unspecified atom stereocenters. The van der Waals surface area contributed by atoms with E-state index in [1.807, 2.05) is 31.2 Å². The average molecular weight is 290 g/mol. The number of carbonyl (C=O) groups is 1. The summed E-state index contributed by atoms with van der Waals surface area (Å²) in [6.07, 6.45) is 0.697. The molecule has 0 aliphatic rings. The fourth-order valence-corrected chi connectivity index (χ4v) is 1.84. The number of nitrogens with zero attached hydrogens (tertiary/aromatic N) is 3. The van der Waals surface area contributed by atoms with Crippen molar-refractivity contribution in [3.05, 3.63) is 35.5 Å². The van der Waals surface area contributed by atoms with Gasteiger partial charge in [0, 0.05) is 13.0 Å². The molecule has 21 heavy (non-hydrogen) atoms. The largest absolute Gasteiger partial charge is 0.494 e. The van der Waals surface area contributed by atoms with E-state index < -0.39 is 5.97 Å². The van der Waals surface area contributed by atoms with Crippen LogP contribution in [0.4, 0.5) is 5.82 Å². The summed E-state index contributed by atoms with van der Waals surface area (Å²) in [5.41, 5.74) is 6.98. The van der Waals surface area contributed by atoms with Crippen LogP contribution in [0.15, 0.2) is 24.3 Å². The minimum Gasteiger partial charge on any atom is -0.494 e. The molecule has 0 aliphatic carbocycles. The number of esters is 1. The molecule has 112 valence electrons. The lowest BCUT2D eigenvalue weighted by atomic mass is 10.2. The van der Waals surface area contributed by atoms with Crippen LogP contribution in [0, 0.1) is 6.92 Å². The summed E-state index contributed by atoms with van der Waals surface area (Å²) in [7, 11) is 1.27. The Morgan fingerprint density at radius 1 is 1.43 bits per heavy atom. The number of aromatic nitrogens is 3. The van der Waals surface area contributed by atoms with Crippen LogP contribution < -0.4 is 10.5 Å². The molecule has 1 heterocycles. The number of carbonyl (C=O) groups excluding carboxylic acids is 1. The number of ether oxygens (including phenoxy) is 2. The topological polar surface area (TPSA) is 92.3 Å². The standard InChI is InChI=1S/C14H18N4O3/c1-10-5-3-6-11(9-10)21-8-4-7-18-13(15)12(16-17-18)14(19)20-2/h3,5-6,9H,4,7-8,15H2,1-2H3. The number of aryl methyl sites for hydroxylation is 2. The lowest BCUT2D eigenvalue weighted by molar-refractivity contribution is 0.0595. The molecule has 0 bridgehead atoms. The second kappa shape index (κ2) is 6.74. The highest BCUT2D eigenvalue weighted by Crippen LogP contribution is 2.13. The molecule has 7 heteroatoms. The van der Waals surface area contributed by atoms with E-state index in [-0.39, 0.29) is 11.5 Å². The second-order valence-electron chi connectivity index (χ2n) is 4.56. The Hall–Kier alpha value is -2.57. The first-order valence-electron chi connectivity index (χ1n) is 6.58. The Labute approximate surface area is 122 Å². The number of nitrogens with two attached hydrogens (primary N) is 1. The lowest BCUT2D eigenvalue weighted by Gasteiger charge is -2.07. The van der Waals surface area contributed by atoms with Gasteiger partial charge in [0.1, 0.15) is 5.75 Å². The molecule has 2 N–H and O–H groups in total. The average Bonchev–Trinajstić information content (AvgIpc) is 2.84. The van der Waals surface area contributed by atoms with E-state index in [1.165, 1.54) is 11.8 Å². The zero-order chi connectivity index (χ0) is 15.2. The van der Waals surface area contributed by atoms with Crippen molar-refractivity contribution in [2.75, 3.05) is 19.5 Å². The maximum atomic E-state index is 11.4. The highest BCUT2D eigenvalue weighted by atomic mass is 16.5. The Morgan fingerprint density at radius 2 is 2.24 bits per heavy atom. The van der Waals surface area contributed by atoms with Gasteiger partial charge in [-0.25, -0.2) is 9.48 Å². The highest BCUT2D eigenvalue weighted by molar-refractivity contribution is 5.91. The monoisotopic (exact) mass is 290 g/mol. The van der Waals surface area contributed by atoms with E-state index in [2.05, 4.69) is 15.0 Å². The third kappa shape index (κ3) is 3.71. The fraction of sp³-hybridized carbons (Fsp3) is 0.357. The van der Waals surface area contributed by atoms with Crippen LogP contribution in [-0.4, -0.2) is 34.7 Å². The Morgan fingerprint density at radius 3 is 2.95 bits per heavy atom. The smallest absolute Gasteiger partial charge is 0.362 e. The van der Waals surface area contributed by atoms with Gasteiger partial charge in [0.05, 0.1) is 13.7 Å². The van der Waals surface area contributed by atoms with Gasteiger partial charge in [-0.1, -0.05) is 17.3 Å². The van der Waals surface area contributed by atoms with E-state index in [4.69, 9.17) is 10.5 Å². The summed E-state index contributed by atoms with van der Waals surface area (Å²) in [6.45, 7) is 3.05. The van der Waals surface area contributed by atoms with E-state index in [1.54, 1.807) is 0 Å². The van der Waals surface area contributed by atoms with Crippen LogP contribution in [0.5, 0.6) is 5.75 Å². The SMILES string of the molecule is COC(=O)c1nnn(CCCOc2cccc(C)c2)c1N. The number of hydrogen-bond donors (Lipinski definition) is 1. The number of benzene rings is 1. The molecule has 0 amide bonds. The van der Waals surface area contributed by atoms with Crippen molar-refractivity contribution in [3.63, 3.8) is 0 Å². The predicted octanol–water partition coefficient (Wildman–Crippen LogP) is 1.42. The molecule has 7 nitrogen and oxygen atoms in total. The Bertz CT molecular complexity index is 624. The van der Waals surface area contributed by atoms with Crippen LogP contribution in [0.3, 0.4) is 0 Å². The first kappa shape index (κ1) is 14.8. The zero-order valence-corrected chi connectivity index (χ0v) is 12.1. The summed E-state index contributed by atoms with van der Waals surface area (Å²) >= 11 is 0. The van der Waals surface area contributed by atoms with Gasteiger partial charge in [0.15, 0.2) is 5.82 Å². The fourth-order valence-electron chi connectivity index (χ4n) is 1.84. The Balaban J connectivity index is 1.84. The first-order chi connectivity index (χ1) is 10.1. The molecule has 0 saturated carbocycles. The van der Waals surface area contributed by atoms with Crippen molar-refractivity contribution in [2.45, 2.75) is 19.9 Å². The van der Waals surface area contributed by atoms with E-state index in [0.29, 0.717) is 19.6 Å². The normalized spacial score (nSPS) is 10.4. The molecule has 0 fully saturated rings. The molecule has 2 aromatic rings. The van der Waals surface area contributed by atoms with Crippen LogP contribution in [0.25, 0.3) is 0 Å². The molecule has 0 radical (unpaired) electrons. The lowest BCUT2D eigenvalue weighted by Crippen LogP contribution is -2.10. The van der Waals surface area contributed by atoms with E-state index in [0.717, 1.165) is 11.3 Å². The first-order valence-corrected chi connectivity index (χ1v) is 6.58. The molecule has 0 atom stereocenters. The summed E-state index contributed by atoms with van der Waals surface area (Å²) in [5.74, 6) is 0.448. The summed E-state index contributed by atoms with van der Waals surface area (Å²) in [5, 5.41) is 7.54. The van der Waals surface area contributed by atoms with Gasteiger partial charge in [0.2, 0.25) is 5.69 Å². The minimum atomic E-state index is -0.588. The van der Waals surface area contributed by atoms with Gasteiger partial charge in [-0.05, 0) is 24.6 Å². The van der Waals surface area contributed by atoms with Crippen molar-refractivity contribution in [3.8, 4) is 5.75 Å². The van der Waals surface area contributed by atoms with Crippen molar-refractivity contribution in [2.24, 2.45) is 0 Å². The number of nitrogen functional groups attached to an aromatic ring is 1. The molecule has 1 aromatic carbocycles. The maximum absolute atomic E-state index is 11.4. The molecule has 0 spiro atoms. The number of anilines is 1. The second-order valence-corrected chi connectivity index (χ2v) is 4.56. The molecule has 0 saturated heterocycles. The van der Waals surface area contributed by atoms with Gasteiger partial charge in [-0.15, -0.1) is 5.10 Å². The van der Waals surface area contributed by atoms with Gasteiger partial charge in [0.25, 0.3) is 0 Å². The third-order valence-electron chi connectivity index (χ3n) is 2.92. The Kier molecular flexibility index (Phi) is 4.76. The van der Waals surface area contributed by atoms with Crippen LogP contribution in [0.1, 0.15) is 22.5 Å². The van der Waals surface area contributed by atoms with Crippen LogP contribution >= 0.6 is 0 Å². The quantitative estimate of drug-likeness (QED) is 0.639. The van der Waals surface area contributed by atoms with E-state index in [9.17, 15) is 4.79 Å². The minimum absolute atomic E-state index is 0.0390. The number of methoxy groups -OCH3 is 1. The van der Waals surface area contributed by atoms with Crippen LogP contribution in [0.2, 0.25) is 0 Å². The third-order valence-corrected chi connectivity index (χ3v) is 2.92. The summed E-state index contributed by atoms with van der Waals surface area (Å²) in [4.78, 5) is 11.4. The van der Waals surface area contributed by atoms with Crippen molar-refractivity contribution in [1.29, 1.82) is 0 Å².